The molecule has 3 rings (SSSR count). The molecule has 3 heteroatoms. The van der Waals surface area contributed by atoms with Gasteiger partial charge in [-0.05, 0) is 36.8 Å². The van der Waals surface area contributed by atoms with E-state index in [2.05, 4.69) is 42.3 Å². The Bertz CT molecular complexity index is 499. The maximum atomic E-state index is 9.93. The van der Waals surface area contributed by atoms with E-state index in [-0.39, 0.29) is 31.0 Å². The van der Waals surface area contributed by atoms with E-state index in [1.54, 1.807) is 0 Å². The minimum atomic E-state index is 0.109. The highest BCUT2D eigenvalue weighted by molar-refractivity contribution is 5.31. The molecule has 0 bridgehead atoms. The maximum Gasteiger partial charge on any atom is 0.0471 e. The minimum absolute atomic E-state index is 0.109. The van der Waals surface area contributed by atoms with Gasteiger partial charge in [-0.15, -0.1) is 0 Å². The van der Waals surface area contributed by atoms with Crippen LogP contribution in [0.4, 0.5) is 0 Å². The quantitative estimate of drug-likeness (QED) is 0.834. The van der Waals surface area contributed by atoms with Gasteiger partial charge in [0, 0.05) is 32.2 Å². The van der Waals surface area contributed by atoms with Crippen LogP contribution in [0.2, 0.25) is 0 Å². The van der Waals surface area contributed by atoms with Crippen LogP contribution >= 0.6 is 0 Å². The molecule has 1 heterocycles. The van der Waals surface area contributed by atoms with E-state index in [0.717, 1.165) is 19.5 Å². The molecule has 1 aromatic carbocycles. The average molecular weight is 287 g/mol. The molecule has 0 spiro atoms. The Morgan fingerprint density at radius 1 is 1.10 bits per heavy atom. The van der Waals surface area contributed by atoms with Crippen LogP contribution in [0.1, 0.15) is 17.9 Å². The minimum Gasteiger partial charge on any atom is -0.396 e. The molecule has 2 N–H and O–H groups in total. The second-order valence-corrected chi connectivity index (χ2v) is 6.49. The van der Waals surface area contributed by atoms with E-state index in [9.17, 15) is 10.2 Å². The first-order valence-electron chi connectivity index (χ1n) is 7.90. The predicted octanol–water partition coefficient (Wildman–Crippen LogP) is 1.88. The summed E-state index contributed by atoms with van der Waals surface area (Å²) in [6.45, 7) is 2.38. The number of rotatable bonds is 3. The van der Waals surface area contributed by atoms with Gasteiger partial charge in [-0.1, -0.05) is 42.0 Å². The molecule has 1 fully saturated rings. The molecule has 2 aliphatic rings. The molecule has 4 atom stereocenters. The standard InChI is InChI=1S/C18H25NO2/c1-19-8-7-14-9-15(13-5-3-2-4-6-13)17(11-20)18(12-21)16(14)10-19/h2-6,9,15-18,20-21H,7-8,10-12H2,1H3. The highest BCUT2D eigenvalue weighted by Crippen LogP contribution is 2.45. The third-order valence-electron chi connectivity index (χ3n) is 5.29. The van der Waals surface area contributed by atoms with E-state index in [1.165, 1.54) is 11.1 Å². The lowest BCUT2D eigenvalue weighted by Gasteiger charge is -2.45. The molecule has 0 aromatic heterocycles. The summed E-state index contributed by atoms with van der Waals surface area (Å²) in [6.07, 6.45) is 3.46. The number of likely N-dealkylation sites (tertiary alicyclic amines) is 1. The molecule has 4 unspecified atom stereocenters. The molecular formula is C18H25NO2. The third kappa shape index (κ3) is 2.78. The van der Waals surface area contributed by atoms with Crippen LogP contribution in [0.25, 0.3) is 0 Å². The fourth-order valence-electron chi connectivity index (χ4n) is 4.12. The van der Waals surface area contributed by atoms with Gasteiger partial charge < -0.3 is 15.1 Å². The van der Waals surface area contributed by atoms with E-state index < -0.39 is 0 Å². The Morgan fingerprint density at radius 2 is 1.81 bits per heavy atom. The summed E-state index contributed by atoms with van der Waals surface area (Å²) in [7, 11) is 2.14. The maximum absolute atomic E-state index is 9.93. The monoisotopic (exact) mass is 287 g/mol. The van der Waals surface area contributed by atoms with Crippen LogP contribution < -0.4 is 0 Å². The largest absolute Gasteiger partial charge is 0.396 e. The van der Waals surface area contributed by atoms with Gasteiger partial charge in [0.1, 0.15) is 0 Å². The molecular weight excluding hydrogens is 262 g/mol. The summed E-state index contributed by atoms with van der Waals surface area (Å²) >= 11 is 0. The first kappa shape index (κ1) is 14.8. The molecule has 1 aliphatic heterocycles. The zero-order chi connectivity index (χ0) is 14.8. The SMILES string of the molecule is CN1CCC2=CC(c3ccccc3)C(CO)C(CO)C2C1. The van der Waals surface area contributed by atoms with Gasteiger partial charge in [0.2, 0.25) is 0 Å². The van der Waals surface area contributed by atoms with Gasteiger partial charge in [0.25, 0.3) is 0 Å². The molecule has 114 valence electrons. The number of benzene rings is 1. The third-order valence-corrected chi connectivity index (χ3v) is 5.29. The normalized spacial score (nSPS) is 33.4. The molecule has 1 aliphatic carbocycles. The van der Waals surface area contributed by atoms with E-state index >= 15 is 0 Å². The van der Waals surface area contributed by atoms with Gasteiger partial charge in [-0.25, -0.2) is 0 Å². The van der Waals surface area contributed by atoms with Gasteiger partial charge in [0.15, 0.2) is 0 Å². The van der Waals surface area contributed by atoms with Crippen molar-refractivity contribution in [1.29, 1.82) is 0 Å². The summed E-state index contributed by atoms with van der Waals surface area (Å²) in [5.74, 6) is 0.884. The van der Waals surface area contributed by atoms with Gasteiger partial charge in [0.05, 0.1) is 0 Å². The lowest BCUT2D eigenvalue weighted by atomic mass is 9.64. The summed E-state index contributed by atoms with van der Waals surface area (Å²) in [6, 6.07) is 10.4. The van der Waals surface area contributed by atoms with E-state index in [0.29, 0.717) is 5.92 Å². The molecule has 0 radical (unpaired) electrons. The van der Waals surface area contributed by atoms with Gasteiger partial charge >= 0.3 is 0 Å². The Labute approximate surface area is 126 Å². The zero-order valence-electron chi connectivity index (χ0n) is 12.7. The number of piperidine rings is 1. The number of nitrogens with zero attached hydrogens (tertiary/aromatic N) is 1. The van der Waals surface area contributed by atoms with Crippen molar-refractivity contribution in [2.75, 3.05) is 33.4 Å². The van der Waals surface area contributed by atoms with Crippen molar-refractivity contribution in [3.05, 3.63) is 47.5 Å². The highest BCUT2D eigenvalue weighted by atomic mass is 16.3. The summed E-state index contributed by atoms with van der Waals surface area (Å²) < 4.78 is 0. The average Bonchev–Trinajstić information content (AvgIpc) is 2.53. The van der Waals surface area contributed by atoms with E-state index in [4.69, 9.17) is 0 Å². The predicted molar refractivity (Wildman–Crippen MR) is 84.0 cm³/mol. The Morgan fingerprint density at radius 3 is 2.48 bits per heavy atom. The highest BCUT2D eigenvalue weighted by Gasteiger charge is 2.41. The topological polar surface area (TPSA) is 43.7 Å². The number of allylic oxidation sites excluding steroid dienone is 1. The van der Waals surface area contributed by atoms with Gasteiger partial charge in [-0.3, -0.25) is 0 Å². The van der Waals surface area contributed by atoms with Crippen LogP contribution in [0.15, 0.2) is 42.0 Å². The van der Waals surface area contributed by atoms with Gasteiger partial charge in [-0.2, -0.15) is 0 Å². The molecule has 1 aromatic rings. The summed E-state index contributed by atoms with van der Waals surface area (Å²) in [4.78, 5) is 2.34. The molecule has 21 heavy (non-hydrogen) atoms. The smallest absolute Gasteiger partial charge is 0.0471 e. The van der Waals surface area contributed by atoms with Crippen LogP contribution in [0.3, 0.4) is 0 Å². The number of aliphatic hydroxyl groups excluding tert-OH is 2. The second-order valence-electron chi connectivity index (χ2n) is 6.49. The molecule has 0 saturated carbocycles. The van der Waals surface area contributed by atoms with E-state index in [1.807, 2.05) is 6.07 Å². The lowest BCUT2D eigenvalue weighted by molar-refractivity contribution is 0.0515. The number of hydrogen-bond donors (Lipinski definition) is 2. The molecule has 3 nitrogen and oxygen atoms in total. The van der Waals surface area contributed by atoms with Crippen molar-refractivity contribution in [2.45, 2.75) is 12.3 Å². The van der Waals surface area contributed by atoms with Crippen molar-refractivity contribution in [2.24, 2.45) is 17.8 Å². The number of fused-ring (bicyclic) bond motifs is 1. The van der Waals surface area contributed by atoms with Crippen molar-refractivity contribution < 1.29 is 10.2 Å². The Balaban J connectivity index is 1.98. The zero-order valence-corrected chi connectivity index (χ0v) is 12.7. The lowest BCUT2D eigenvalue weighted by Crippen LogP contribution is -2.45. The van der Waals surface area contributed by atoms with Crippen LogP contribution in [-0.2, 0) is 0 Å². The fourth-order valence-corrected chi connectivity index (χ4v) is 4.12. The van der Waals surface area contributed by atoms with Crippen molar-refractivity contribution in [3.8, 4) is 0 Å². The summed E-state index contributed by atoms with van der Waals surface area (Å²) in [5.41, 5.74) is 2.73. The van der Waals surface area contributed by atoms with Crippen molar-refractivity contribution in [1.82, 2.24) is 4.90 Å². The number of hydrogen-bond acceptors (Lipinski definition) is 3. The van der Waals surface area contributed by atoms with Crippen LogP contribution in [0, 0.1) is 17.8 Å². The van der Waals surface area contributed by atoms with Crippen LogP contribution in [0.5, 0.6) is 0 Å². The Kier molecular flexibility index (Phi) is 4.43. The van der Waals surface area contributed by atoms with Crippen LogP contribution in [-0.4, -0.2) is 48.5 Å². The molecule has 0 amide bonds. The fraction of sp³-hybridized carbons (Fsp3) is 0.556. The molecule has 1 saturated heterocycles. The first-order chi connectivity index (χ1) is 10.2. The first-order valence-corrected chi connectivity index (χ1v) is 7.90. The van der Waals surface area contributed by atoms with Crippen molar-refractivity contribution in [3.63, 3.8) is 0 Å². The number of aliphatic hydroxyl groups is 2. The summed E-state index contributed by atoms with van der Waals surface area (Å²) in [5, 5.41) is 19.9. The second kappa shape index (κ2) is 6.30. The van der Waals surface area contributed by atoms with Crippen molar-refractivity contribution >= 4 is 0 Å². The Hall–Kier alpha value is -1.16.